The molecule has 0 aliphatic heterocycles. The summed E-state index contributed by atoms with van der Waals surface area (Å²) in [4.78, 5) is 4.36. The lowest BCUT2D eigenvalue weighted by Crippen LogP contribution is -2.32. The molecule has 1 aliphatic rings. The molecule has 1 aromatic carbocycles. The van der Waals surface area contributed by atoms with Crippen LogP contribution in [0.15, 0.2) is 28.8 Å². The third-order valence-corrected chi connectivity index (χ3v) is 3.83. The zero-order chi connectivity index (χ0) is 13.3. The Hall–Kier alpha value is -1.86. The summed E-state index contributed by atoms with van der Waals surface area (Å²) in [5.74, 6) is 1.07. The second-order valence-electron chi connectivity index (χ2n) is 4.87. The molecule has 0 atom stereocenters. The van der Waals surface area contributed by atoms with Gasteiger partial charge in [0.05, 0.1) is 6.07 Å². The van der Waals surface area contributed by atoms with E-state index in [1.807, 2.05) is 24.3 Å². The van der Waals surface area contributed by atoms with Crippen molar-refractivity contribution in [3.63, 3.8) is 0 Å². The Morgan fingerprint density at radius 1 is 1.32 bits per heavy atom. The molecule has 0 spiro atoms. The summed E-state index contributed by atoms with van der Waals surface area (Å²) in [5, 5.41) is 13.9. The van der Waals surface area contributed by atoms with Gasteiger partial charge in [0.2, 0.25) is 5.89 Å². The van der Waals surface area contributed by atoms with Gasteiger partial charge in [-0.05, 0) is 37.0 Å². The Morgan fingerprint density at radius 2 is 2.05 bits per heavy atom. The van der Waals surface area contributed by atoms with E-state index in [1.54, 1.807) is 0 Å². The Kier molecular flexibility index (Phi) is 3.00. The highest BCUT2D eigenvalue weighted by molar-refractivity contribution is 6.30. The molecule has 0 N–H and O–H groups in total. The van der Waals surface area contributed by atoms with E-state index in [9.17, 15) is 5.26 Å². The summed E-state index contributed by atoms with van der Waals surface area (Å²) in [6.07, 6.45) is 3.25. The lowest BCUT2D eigenvalue weighted by molar-refractivity contribution is 0.231. The van der Waals surface area contributed by atoms with Crippen LogP contribution in [0.5, 0.6) is 0 Å². The normalized spacial score (nSPS) is 16.6. The topological polar surface area (TPSA) is 62.7 Å². The quantitative estimate of drug-likeness (QED) is 0.861. The van der Waals surface area contributed by atoms with Gasteiger partial charge in [-0.25, -0.2) is 0 Å². The van der Waals surface area contributed by atoms with E-state index < -0.39 is 5.41 Å². The van der Waals surface area contributed by atoms with Crippen LogP contribution in [-0.4, -0.2) is 10.1 Å². The van der Waals surface area contributed by atoms with Gasteiger partial charge in [0.25, 0.3) is 0 Å². The second kappa shape index (κ2) is 4.67. The first-order chi connectivity index (χ1) is 9.22. The molecule has 0 amide bonds. The fraction of sp³-hybridized carbons (Fsp3) is 0.357. The van der Waals surface area contributed by atoms with Crippen LogP contribution < -0.4 is 0 Å². The lowest BCUT2D eigenvalue weighted by Gasteiger charge is -2.30. The molecule has 4 nitrogen and oxygen atoms in total. The molecular weight excluding hydrogens is 262 g/mol. The summed E-state index contributed by atoms with van der Waals surface area (Å²) in [6, 6.07) is 9.83. The number of hydrogen-bond donors (Lipinski definition) is 0. The molecule has 1 aromatic heterocycles. The average molecular weight is 274 g/mol. The molecule has 1 fully saturated rings. The monoisotopic (exact) mass is 273 g/mol. The molecule has 19 heavy (non-hydrogen) atoms. The van der Waals surface area contributed by atoms with Crippen LogP contribution in [-0.2, 0) is 11.8 Å². The smallest absolute Gasteiger partial charge is 0.247 e. The zero-order valence-electron chi connectivity index (χ0n) is 10.3. The van der Waals surface area contributed by atoms with Crippen molar-refractivity contribution in [3.8, 4) is 6.07 Å². The van der Waals surface area contributed by atoms with Crippen LogP contribution in [0.25, 0.3) is 0 Å². The molecule has 1 heterocycles. The third kappa shape index (κ3) is 2.22. The predicted octanol–water partition coefficient (Wildman–Crippen LogP) is 3.26. The Balaban J connectivity index is 1.79. The van der Waals surface area contributed by atoms with Crippen LogP contribution in [0.3, 0.4) is 0 Å². The van der Waals surface area contributed by atoms with Gasteiger partial charge >= 0.3 is 0 Å². The van der Waals surface area contributed by atoms with E-state index in [0.717, 1.165) is 24.8 Å². The van der Waals surface area contributed by atoms with Gasteiger partial charge in [-0.2, -0.15) is 10.2 Å². The maximum atomic E-state index is 9.23. The third-order valence-electron chi connectivity index (χ3n) is 3.57. The first-order valence-corrected chi connectivity index (χ1v) is 6.58. The number of hydrogen-bond acceptors (Lipinski definition) is 4. The molecule has 1 aliphatic carbocycles. The van der Waals surface area contributed by atoms with Gasteiger partial charge in [-0.15, -0.1) is 0 Å². The van der Waals surface area contributed by atoms with Crippen molar-refractivity contribution >= 4 is 11.6 Å². The van der Waals surface area contributed by atoms with E-state index in [4.69, 9.17) is 16.1 Å². The van der Waals surface area contributed by atoms with Crippen LogP contribution in [0.4, 0.5) is 0 Å². The number of aromatic nitrogens is 2. The van der Waals surface area contributed by atoms with Crippen molar-refractivity contribution in [2.24, 2.45) is 0 Å². The summed E-state index contributed by atoms with van der Waals surface area (Å²) < 4.78 is 5.25. The van der Waals surface area contributed by atoms with Crippen molar-refractivity contribution in [1.29, 1.82) is 5.26 Å². The van der Waals surface area contributed by atoms with E-state index in [1.165, 1.54) is 0 Å². The van der Waals surface area contributed by atoms with Crippen molar-refractivity contribution in [2.45, 2.75) is 31.1 Å². The lowest BCUT2D eigenvalue weighted by atomic mass is 9.70. The molecule has 5 heteroatoms. The Bertz CT molecular complexity index is 623. The van der Waals surface area contributed by atoms with Gasteiger partial charge in [-0.1, -0.05) is 28.9 Å². The largest absolute Gasteiger partial charge is 0.338 e. The Morgan fingerprint density at radius 3 is 2.63 bits per heavy atom. The second-order valence-corrected chi connectivity index (χ2v) is 5.30. The number of rotatable bonds is 3. The van der Waals surface area contributed by atoms with Gasteiger partial charge in [0, 0.05) is 11.4 Å². The summed E-state index contributed by atoms with van der Waals surface area (Å²) in [7, 11) is 0. The number of nitrogens with zero attached hydrogens (tertiary/aromatic N) is 3. The van der Waals surface area contributed by atoms with Crippen LogP contribution in [0.1, 0.15) is 36.5 Å². The van der Waals surface area contributed by atoms with Crippen molar-refractivity contribution < 1.29 is 4.52 Å². The highest BCUT2D eigenvalue weighted by atomic mass is 35.5. The molecule has 1 saturated carbocycles. The van der Waals surface area contributed by atoms with Crippen LogP contribution >= 0.6 is 11.6 Å². The number of halogens is 1. The molecule has 3 rings (SSSR count). The van der Waals surface area contributed by atoms with E-state index in [2.05, 4.69) is 16.2 Å². The summed E-state index contributed by atoms with van der Waals surface area (Å²) in [6.45, 7) is 0. The van der Waals surface area contributed by atoms with Crippen molar-refractivity contribution in [3.05, 3.63) is 46.6 Å². The zero-order valence-corrected chi connectivity index (χ0v) is 11.0. The minimum absolute atomic E-state index is 0.463. The molecule has 0 saturated heterocycles. The average Bonchev–Trinajstić information content (AvgIpc) is 2.81. The fourth-order valence-electron chi connectivity index (χ4n) is 2.21. The van der Waals surface area contributed by atoms with Gasteiger partial charge in [-0.3, -0.25) is 0 Å². The highest BCUT2D eigenvalue weighted by Crippen LogP contribution is 2.42. The van der Waals surface area contributed by atoms with E-state index >= 15 is 0 Å². The van der Waals surface area contributed by atoms with Gasteiger partial charge in [0.1, 0.15) is 5.41 Å². The number of benzene rings is 1. The summed E-state index contributed by atoms with van der Waals surface area (Å²) in [5.41, 5.74) is 0.530. The van der Waals surface area contributed by atoms with Gasteiger partial charge < -0.3 is 4.52 Å². The highest BCUT2D eigenvalue weighted by Gasteiger charge is 2.44. The fourth-order valence-corrected chi connectivity index (χ4v) is 2.33. The molecule has 0 bridgehead atoms. The summed E-state index contributed by atoms with van der Waals surface area (Å²) >= 11 is 5.84. The predicted molar refractivity (Wildman–Crippen MR) is 69.7 cm³/mol. The SMILES string of the molecule is N#CC1(c2nc(Cc3ccc(Cl)cc3)no2)CCC1. The maximum absolute atomic E-state index is 9.23. The molecule has 0 radical (unpaired) electrons. The van der Waals surface area contributed by atoms with Crippen LogP contribution in [0.2, 0.25) is 5.02 Å². The minimum atomic E-state index is -0.536. The van der Waals surface area contributed by atoms with Gasteiger partial charge in [0.15, 0.2) is 5.82 Å². The molecule has 96 valence electrons. The molecule has 2 aromatic rings. The first kappa shape index (κ1) is 12.2. The number of nitriles is 1. The minimum Gasteiger partial charge on any atom is -0.338 e. The standard InChI is InChI=1S/C14H12ClN3O/c15-11-4-2-10(3-5-11)8-12-17-13(19-18-12)14(9-16)6-1-7-14/h2-5H,1,6-8H2. The molecule has 0 unspecified atom stereocenters. The van der Waals surface area contributed by atoms with Crippen molar-refractivity contribution in [1.82, 2.24) is 10.1 Å². The van der Waals surface area contributed by atoms with Crippen LogP contribution in [0, 0.1) is 11.3 Å². The van der Waals surface area contributed by atoms with Crippen molar-refractivity contribution in [2.75, 3.05) is 0 Å². The maximum Gasteiger partial charge on any atom is 0.247 e. The first-order valence-electron chi connectivity index (χ1n) is 6.21. The van der Waals surface area contributed by atoms with E-state index in [0.29, 0.717) is 23.2 Å². The Labute approximate surface area is 116 Å². The van der Waals surface area contributed by atoms with E-state index in [-0.39, 0.29) is 0 Å². The molecular formula is C14H12ClN3O.